The van der Waals surface area contributed by atoms with E-state index < -0.39 is 10.0 Å². The Labute approximate surface area is 153 Å². The number of unbranched alkanes of at least 4 members (excludes halogenated alkanes) is 1. The molecule has 7 heteroatoms. The molecule has 0 aliphatic carbocycles. The monoisotopic (exact) mass is 380 g/mol. The second-order valence-corrected chi connectivity index (χ2v) is 7.90. The van der Waals surface area contributed by atoms with E-state index in [0.717, 1.165) is 18.4 Å². The molecule has 2 rings (SSSR count). The van der Waals surface area contributed by atoms with Crippen molar-refractivity contribution in [1.82, 2.24) is 4.72 Å². The van der Waals surface area contributed by atoms with Crippen LogP contribution < -0.4 is 10.0 Å². The highest BCUT2D eigenvalue weighted by atomic mass is 35.5. The Hall–Kier alpha value is -1.89. The molecule has 134 valence electrons. The number of carbonyl (C=O) groups is 1. The van der Waals surface area contributed by atoms with Crippen molar-refractivity contribution in [2.24, 2.45) is 0 Å². The fraction of sp³-hybridized carbons (Fsp3) is 0.278. The summed E-state index contributed by atoms with van der Waals surface area (Å²) in [4.78, 5) is 12.5. The molecule has 0 fully saturated rings. The number of carbonyl (C=O) groups excluding carboxylic acids is 1. The lowest BCUT2D eigenvalue weighted by Gasteiger charge is -2.10. The van der Waals surface area contributed by atoms with Crippen LogP contribution in [0, 0.1) is 6.92 Å². The molecule has 0 aromatic heterocycles. The number of amides is 1. The fourth-order valence-corrected chi connectivity index (χ4v) is 3.58. The Morgan fingerprint density at radius 1 is 1.16 bits per heavy atom. The first-order valence-corrected chi connectivity index (χ1v) is 9.87. The molecule has 2 N–H and O–H groups in total. The van der Waals surface area contributed by atoms with E-state index in [1.165, 1.54) is 12.1 Å². The predicted molar refractivity (Wildman–Crippen MR) is 101 cm³/mol. The first kappa shape index (κ1) is 19.4. The van der Waals surface area contributed by atoms with Gasteiger partial charge in [0.15, 0.2) is 0 Å². The maximum atomic E-state index is 12.4. The number of rotatable bonds is 7. The van der Waals surface area contributed by atoms with Crippen LogP contribution in [0.2, 0.25) is 5.02 Å². The molecule has 25 heavy (non-hydrogen) atoms. The minimum absolute atomic E-state index is 0.0732. The average molecular weight is 381 g/mol. The Morgan fingerprint density at radius 3 is 2.60 bits per heavy atom. The third-order valence-corrected chi connectivity index (χ3v) is 5.36. The van der Waals surface area contributed by atoms with Crippen LogP contribution in [0.5, 0.6) is 0 Å². The van der Waals surface area contributed by atoms with Gasteiger partial charge in [-0.1, -0.05) is 31.0 Å². The van der Waals surface area contributed by atoms with Crippen LogP contribution in [0.25, 0.3) is 0 Å². The van der Waals surface area contributed by atoms with Crippen LogP contribution in [0.1, 0.15) is 35.7 Å². The number of benzene rings is 2. The maximum Gasteiger partial charge on any atom is 0.255 e. The average Bonchev–Trinajstić information content (AvgIpc) is 2.57. The minimum atomic E-state index is -3.62. The van der Waals surface area contributed by atoms with E-state index in [1.807, 2.05) is 13.8 Å². The SMILES string of the molecule is CCCCNS(=O)(=O)c1cccc(C(=O)Nc2ccc(Cl)cc2C)c1. The standard InChI is InChI=1S/C18H21ClN2O3S/c1-3-4-10-20-25(23,24)16-7-5-6-14(12-16)18(22)21-17-9-8-15(19)11-13(17)2/h5-9,11-12,20H,3-4,10H2,1-2H3,(H,21,22). The summed E-state index contributed by atoms with van der Waals surface area (Å²) in [6, 6.07) is 11.1. The van der Waals surface area contributed by atoms with Crippen LogP contribution in [0.15, 0.2) is 47.4 Å². The number of aryl methyl sites for hydroxylation is 1. The normalized spacial score (nSPS) is 11.3. The molecule has 0 spiro atoms. The Balaban J connectivity index is 2.18. The van der Waals surface area contributed by atoms with Crippen molar-refractivity contribution < 1.29 is 13.2 Å². The first-order valence-electron chi connectivity index (χ1n) is 8.00. The molecule has 0 unspecified atom stereocenters. The third-order valence-electron chi connectivity index (χ3n) is 3.67. The van der Waals surface area contributed by atoms with Crippen molar-refractivity contribution in [3.8, 4) is 0 Å². The molecule has 2 aromatic carbocycles. The van der Waals surface area contributed by atoms with Gasteiger partial charge in [0.05, 0.1) is 4.90 Å². The van der Waals surface area contributed by atoms with Gasteiger partial charge in [0, 0.05) is 22.8 Å². The van der Waals surface area contributed by atoms with Gasteiger partial charge in [0.1, 0.15) is 0 Å². The lowest BCUT2D eigenvalue weighted by Crippen LogP contribution is -2.25. The molecule has 0 aliphatic rings. The van der Waals surface area contributed by atoms with Crippen molar-refractivity contribution >= 4 is 33.2 Å². The third kappa shape index (κ3) is 5.29. The summed E-state index contributed by atoms with van der Waals surface area (Å²) in [5, 5.41) is 3.36. The molecule has 2 aromatic rings. The van der Waals surface area contributed by atoms with E-state index in [1.54, 1.807) is 30.3 Å². The van der Waals surface area contributed by atoms with E-state index in [-0.39, 0.29) is 16.4 Å². The molecular weight excluding hydrogens is 360 g/mol. The zero-order valence-electron chi connectivity index (χ0n) is 14.2. The maximum absolute atomic E-state index is 12.4. The number of anilines is 1. The summed E-state index contributed by atoms with van der Waals surface area (Å²) >= 11 is 5.91. The Kier molecular flexibility index (Phi) is 6.58. The van der Waals surface area contributed by atoms with Gasteiger partial charge in [-0.05, 0) is 55.3 Å². The van der Waals surface area contributed by atoms with Crippen molar-refractivity contribution in [3.05, 3.63) is 58.6 Å². The van der Waals surface area contributed by atoms with E-state index in [2.05, 4.69) is 10.0 Å². The lowest BCUT2D eigenvalue weighted by molar-refractivity contribution is 0.102. The van der Waals surface area contributed by atoms with Crippen LogP contribution in [0.3, 0.4) is 0 Å². The summed E-state index contributed by atoms with van der Waals surface area (Å²) in [5.41, 5.74) is 1.72. The van der Waals surface area contributed by atoms with Gasteiger partial charge in [0.2, 0.25) is 10.0 Å². The summed E-state index contributed by atoms with van der Waals surface area (Å²) in [5.74, 6) is -0.379. The van der Waals surface area contributed by atoms with Crippen LogP contribution in [-0.2, 0) is 10.0 Å². The number of halogens is 1. The van der Waals surface area contributed by atoms with Gasteiger partial charge in [-0.2, -0.15) is 0 Å². The zero-order chi connectivity index (χ0) is 18.4. The van der Waals surface area contributed by atoms with Gasteiger partial charge >= 0.3 is 0 Å². The molecule has 0 heterocycles. The highest BCUT2D eigenvalue weighted by molar-refractivity contribution is 7.89. The molecule has 1 amide bonds. The lowest BCUT2D eigenvalue weighted by atomic mass is 10.1. The largest absolute Gasteiger partial charge is 0.322 e. The highest BCUT2D eigenvalue weighted by Gasteiger charge is 2.16. The molecule has 0 radical (unpaired) electrons. The van der Waals surface area contributed by atoms with Crippen LogP contribution in [0.4, 0.5) is 5.69 Å². The second-order valence-electron chi connectivity index (χ2n) is 5.69. The van der Waals surface area contributed by atoms with Gasteiger partial charge < -0.3 is 5.32 Å². The first-order chi connectivity index (χ1) is 11.8. The van der Waals surface area contributed by atoms with Crippen molar-refractivity contribution in [1.29, 1.82) is 0 Å². The Bertz CT molecular complexity index is 866. The van der Waals surface area contributed by atoms with Crippen LogP contribution >= 0.6 is 11.6 Å². The molecular formula is C18H21ClN2O3S. The highest BCUT2D eigenvalue weighted by Crippen LogP contribution is 2.21. The van der Waals surface area contributed by atoms with Gasteiger partial charge in [-0.25, -0.2) is 13.1 Å². The number of hydrogen-bond acceptors (Lipinski definition) is 3. The molecule has 0 atom stereocenters. The van der Waals surface area contributed by atoms with E-state index in [9.17, 15) is 13.2 Å². The molecule has 0 aliphatic heterocycles. The van der Waals surface area contributed by atoms with Gasteiger partial charge in [-0.15, -0.1) is 0 Å². The van der Waals surface area contributed by atoms with Crippen molar-refractivity contribution in [2.75, 3.05) is 11.9 Å². The van der Waals surface area contributed by atoms with Gasteiger partial charge in [-0.3, -0.25) is 4.79 Å². The fourth-order valence-electron chi connectivity index (χ4n) is 2.23. The van der Waals surface area contributed by atoms with Crippen molar-refractivity contribution in [2.45, 2.75) is 31.6 Å². The molecule has 0 saturated heterocycles. The summed E-state index contributed by atoms with van der Waals surface area (Å²) in [7, 11) is -3.62. The molecule has 0 bridgehead atoms. The quantitative estimate of drug-likeness (QED) is 0.713. The van der Waals surface area contributed by atoms with E-state index >= 15 is 0 Å². The number of sulfonamides is 1. The molecule has 0 saturated carbocycles. The Morgan fingerprint density at radius 2 is 1.92 bits per heavy atom. The van der Waals surface area contributed by atoms with Crippen molar-refractivity contribution in [3.63, 3.8) is 0 Å². The predicted octanol–water partition coefficient (Wildman–Crippen LogP) is 3.98. The molecule has 5 nitrogen and oxygen atoms in total. The summed E-state index contributed by atoms with van der Waals surface area (Å²) in [6.07, 6.45) is 1.65. The minimum Gasteiger partial charge on any atom is -0.322 e. The summed E-state index contributed by atoms with van der Waals surface area (Å²) < 4.78 is 27.1. The number of nitrogens with one attached hydrogen (secondary N) is 2. The van der Waals surface area contributed by atoms with Gasteiger partial charge in [0.25, 0.3) is 5.91 Å². The number of hydrogen-bond donors (Lipinski definition) is 2. The second kappa shape index (κ2) is 8.47. The topological polar surface area (TPSA) is 75.3 Å². The summed E-state index contributed by atoms with van der Waals surface area (Å²) in [6.45, 7) is 4.19. The smallest absolute Gasteiger partial charge is 0.255 e. The zero-order valence-corrected chi connectivity index (χ0v) is 15.7. The van der Waals surface area contributed by atoms with Crippen LogP contribution in [-0.4, -0.2) is 20.9 Å². The van der Waals surface area contributed by atoms with E-state index in [0.29, 0.717) is 17.3 Å². The van der Waals surface area contributed by atoms with E-state index in [4.69, 9.17) is 11.6 Å².